The van der Waals surface area contributed by atoms with E-state index in [9.17, 15) is 14.4 Å². The fourth-order valence-electron chi connectivity index (χ4n) is 1.89. The molecule has 4 nitrogen and oxygen atoms in total. The van der Waals surface area contributed by atoms with Crippen LogP contribution < -0.4 is 5.32 Å². The number of rotatable bonds is 12. The molecule has 0 aliphatic rings. The molecular weight excluding hydrogens is 254 g/mol. The van der Waals surface area contributed by atoms with Gasteiger partial charge in [-0.1, -0.05) is 39.5 Å². The zero-order valence-corrected chi connectivity index (χ0v) is 13.2. The largest absolute Gasteiger partial charge is 0.349 e. The molecule has 0 aromatic heterocycles. The molecule has 1 amide bonds. The van der Waals surface area contributed by atoms with Crippen molar-refractivity contribution < 1.29 is 15.8 Å². The summed E-state index contributed by atoms with van der Waals surface area (Å²) in [5.74, 6) is 0.452. The quantitative estimate of drug-likeness (QED) is 0.560. The molecule has 0 bridgehead atoms. The van der Waals surface area contributed by atoms with Crippen LogP contribution in [-0.4, -0.2) is 24.0 Å². The zero-order valence-electron chi connectivity index (χ0n) is 13.2. The number of carbonyl (C=O) groups is 3. The van der Waals surface area contributed by atoms with E-state index in [1.807, 2.05) is 13.8 Å². The number of ketones is 2. The molecule has 1 N–H and O–H groups in total. The summed E-state index contributed by atoms with van der Waals surface area (Å²) in [6, 6.07) is 0. The average Bonchev–Trinajstić information content (AvgIpc) is 2.38. The van der Waals surface area contributed by atoms with Gasteiger partial charge in [0.2, 0.25) is 5.91 Å². The van der Waals surface area contributed by atoms with E-state index < -0.39 is 0 Å². The highest BCUT2D eigenvalue weighted by molar-refractivity contribution is 5.84. The van der Waals surface area contributed by atoms with Crippen molar-refractivity contribution in [1.29, 1.82) is 0 Å². The van der Waals surface area contributed by atoms with Gasteiger partial charge in [-0.3, -0.25) is 14.4 Å². The first kappa shape index (κ1) is 18.8. The first-order valence-electron chi connectivity index (χ1n) is 7.72. The number of nitrogens with one attached hydrogen (secondary N) is 1. The molecule has 20 heavy (non-hydrogen) atoms. The second-order valence-electron chi connectivity index (χ2n) is 5.72. The van der Waals surface area contributed by atoms with Crippen LogP contribution in [0.2, 0.25) is 0 Å². The maximum atomic E-state index is 11.4. The van der Waals surface area contributed by atoms with Gasteiger partial charge >= 0.3 is 0 Å². The van der Waals surface area contributed by atoms with Crippen molar-refractivity contribution in [2.75, 3.05) is 6.54 Å². The summed E-state index contributed by atoms with van der Waals surface area (Å²) < 4.78 is 0. The van der Waals surface area contributed by atoms with E-state index in [4.69, 9.17) is 0 Å². The van der Waals surface area contributed by atoms with Crippen LogP contribution in [0.4, 0.5) is 0 Å². The van der Waals surface area contributed by atoms with Crippen LogP contribution in [0.3, 0.4) is 0 Å². The molecular formula is C16H31NO3. The van der Waals surface area contributed by atoms with E-state index in [1.165, 1.54) is 6.92 Å². The van der Waals surface area contributed by atoms with Crippen LogP contribution in [0.1, 0.15) is 73.6 Å². The smallest absolute Gasteiger partial charge is 0.220 e. The molecule has 0 radical (unpaired) electrons. The van der Waals surface area contributed by atoms with Crippen LogP contribution in [0.5, 0.6) is 0 Å². The van der Waals surface area contributed by atoms with Crippen molar-refractivity contribution in [3.05, 3.63) is 0 Å². The Morgan fingerprint density at radius 1 is 0.900 bits per heavy atom. The number of amides is 1. The lowest BCUT2D eigenvalue weighted by atomic mass is 10.0. The Balaban J connectivity index is 0. The summed E-state index contributed by atoms with van der Waals surface area (Å²) in [5.41, 5.74) is 0. The van der Waals surface area contributed by atoms with Crippen LogP contribution in [0.25, 0.3) is 0 Å². The molecule has 0 unspecified atom stereocenters. The summed E-state index contributed by atoms with van der Waals surface area (Å²) in [5, 5.41) is 2.59. The molecule has 4 heteroatoms. The third-order valence-corrected chi connectivity index (χ3v) is 3.26. The first-order valence-corrected chi connectivity index (χ1v) is 7.72. The van der Waals surface area contributed by atoms with Crippen molar-refractivity contribution >= 4 is 17.5 Å². The number of unbranched alkanes of at least 4 members (excludes halogenated alkanes) is 5. The number of hydrogen-bond donors (Lipinski definition) is 1. The monoisotopic (exact) mass is 285 g/mol. The summed E-state index contributed by atoms with van der Waals surface area (Å²) in [6.07, 6.45) is 7.41. The predicted molar refractivity (Wildman–Crippen MR) is 82.6 cm³/mol. The number of Topliss-reactive ketones (excluding diaryl/α,β-unsaturated/α-hetero) is 2. The highest BCUT2D eigenvalue weighted by atomic mass is 16.2. The maximum Gasteiger partial charge on any atom is 0.220 e. The van der Waals surface area contributed by atoms with Crippen molar-refractivity contribution in [2.45, 2.75) is 72.1 Å². The minimum absolute atomic E-state index is 0. The molecule has 0 spiro atoms. The summed E-state index contributed by atoms with van der Waals surface area (Å²) in [6.45, 7) is 5.49. The molecule has 0 rings (SSSR count). The second kappa shape index (κ2) is 11.6. The normalized spacial score (nSPS) is 10.6. The van der Waals surface area contributed by atoms with E-state index in [1.54, 1.807) is 0 Å². The van der Waals surface area contributed by atoms with E-state index >= 15 is 0 Å². The summed E-state index contributed by atoms with van der Waals surface area (Å²) in [4.78, 5) is 33.4. The summed E-state index contributed by atoms with van der Waals surface area (Å²) in [7, 11) is 0. The van der Waals surface area contributed by atoms with E-state index in [2.05, 4.69) is 5.32 Å². The van der Waals surface area contributed by atoms with Crippen molar-refractivity contribution in [3.8, 4) is 0 Å². The molecule has 0 atom stereocenters. The first-order chi connectivity index (χ1) is 9.43. The van der Waals surface area contributed by atoms with Gasteiger partial charge in [0.1, 0.15) is 11.6 Å². The Kier molecular flexibility index (Phi) is 10.9. The molecule has 118 valence electrons. The Bertz CT molecular complexity index is 317. The molecule has 0 heterocycles. The molecule has 0 aromatic carbocycles. The molecule has 0 saturated carbocycles. The van der Waals surface area contributed by atoms with Gasteiger partial charge in [0.15, 0.2) is 0 Å². The predicted octanol–water partition coefficient (Wildman–Crippen LogP) is 3.28. The zero-order chi connectivity index (χ0) is 15.4. The van der Waals surface area contributed by atoms with E-state index in [0.717, 1.165) is 38.5 Å². The number of hydrogen-bond acceptors (Lipinski definition) is 3. The van der Waals surface area contributed by atoms with Gasteiger partial charge in [-0.2, -0.15) is 0 Å². The molecule has 0 saturated heterocycles. The second-order valence-corrected chi connectivity index (χ2v) is 5.72. The molecule has 0 aliphatic carbocycles. The van der Waals surface area contributed by atoms with Crippen LogP contribution in [-0.2, 0) is 14.4 Å². The average molecular weight is 285 g/mol. The lowest BCUT2D eigenvalue weighted by Gasteiger charge is -2.04. The van der Waals surface area contributed by atoms with Crippen LogP contribution in [0.15, 0.2) is 0 Å². The Morgan fingerprint density at radius 3 is 1.90 bits per heavy atom. The molecule has 0 aromatic rings. The maximum absolute atomic E-state index is 11.4. The van der Waals surface area contributed by atoms with Crippen molar-refractivity contribution in [1.82, 2.24) is 5.32 Å². The topological polar surface area (TPSA) is 63.2 Å². The fourth-order valence-corrected chi connectivity index (χ4v) is 1.89. The van der Waals surface area contributed by atoms with Crippen LogP contribution >= 0.6 is 0 Å². The SMILES string of the molecule is CC(=O)CNC(=O)CCCCCCCCC(=O)C(C)C.[HH]. The highest BCUT2D eigenvalue weighted by Crippen LogP contribution is 2.10. The summed E-state index contributed by atoms with van der Waals surface area (Å²) >= 11 is 0. The van der Waals surface area contributed by atoms with Gasteiger partial charge in [-0.25, -0.2) is 0 Å². The van der Waals surface area contributed by atoms with Gasteiger partial charge in [-0.05, 0) is 19.8 Å². The Morgan fingerprint density at radius 2 is 1.40 bits per heavy atom. The minimum atomic E-state index is -0.0391. The third-order valence-electron chi connectivity index (χ3n) is 3.26. The van der Waals surface area contributed by atoms with E-state index in [0.29, 0.717) is 18.6 Å². The highest BCUT2D eigenvalue weighted by Gasteiger charge is 2.06. The Hall–Kier alpha value is -1.19. The standard InChI is InChI=1S/C16H29NO3.H2/c1-13(2)15(19)10-8-6-4-5-7-9-11-16(20)17-12-14(3)18;/h13H,4-12H2,1-3H3,(H,17,20);1H. The van der Waals surface area contributed by atoms with Crippen molar-refractivity contribution in [2.24, 2.45) is 5.92 Å². The van der Waals surface area contributed by atoms with Crippen LogP contribution in [0, 0.1) is 5.92 Å². The molecule has 0 fully saturated rings. The van der Waals surface area contributed by atoms with Gasteiger partial charge in [0.05, 0.1) is 6.54 Å². The fraction of sp³-hybridized carbons (Fsp3) is 0.812. The van der Waals surface area contributed by atoms with Gasteiger partial charge in [-0.15, -0.1) is 0 Å². The lowest BCUT2D eigenvalue weighted by Crippen LogP contribution is -2.27. The van der Waals surface area contributed by atoms with Gasteiger partial charge < -0.3 is 5.32 Å². The van der Waals surface area contributed by atoms with Gasteiger partial charge in [0, 0.05) is 20.2 Å². The third kappa shape index (κ3) is 11.9. The Labute approximate surface area is 124 Å². The van der Waals surface area contributed by atoms with E-state index in [-0.39, 0.29) is 25.6 Å². The lowest BCUT2D eigenvalue weighted by molar-refractivity contribution is -0.124. The van der Waals surface area contributed by atoms with Crippen molar-refractivity contribution in [3.63, 3.8) is 0 Å². The number of carbonyl (C=O) groups excluding carboxylic acids is 3. The van der Waals surface area contributed by atoms with Gasteiger partial charge in [0.25, 0.3) is 0 Å². The minimum Gasteiger partial charge on any atom is -0.349 e. The molecule has 0 aliphatic heterocycles.